The van der Waals surface area contributed by atoms with Crippen molar-refractivity contribution >= 4 is 5.97 Å². The highest BCUT2D eigenvalue weighted by molar-refractivity contribution is 5.74. The Hall–Kier alpha value is -0.650. The molecule has 0 aromatic heterocycles. The zero-order valence-electron chi connectivity index (χ0n) is 13.5. The van der Waals surface area contributed by atoms with Gasteiger partial charge in [-0.2, -0.15) is 0 Å². The summed E-state index contributed by atoms with van der Waals surface area (Å²) in [5, 5.41) is 9.47. The average Bonchev–Trinajstić information content (AvgIpc) is 2.39. The largest absolute Gasteiger partial charge is 0.481 e. The molecule has 0 fully saturated rings. The standard InChI is InChI=1S/C15H31NO4/c1-5-8-15(4,14(17)18)13-16(9-11-19-6-2)10-12-20-7-3/h5-13H2,1-4H3,(H,17,18). The molecule has 0 spiro atoms. The molecule has 5 nitrogen and oxygen atoms in total. The second kappa shape index (κ2) is 11.1. The van der Waals surface area contributed by atoms with Crippen molar-refractivity contribution in [2.75, 3.05) is 46.1 Å². The number of rotatable bonds is 13. The average molecular weight is 289 g/mol. The van der Waals surface area contributed by atoms with Crippen molar-refractivity contribution in [1.29, 1.82) is 0 Å². The Balaban J connectivity index is 4.51. The van der Waals surface area contributed by atoms with Crippen molar-refractivity contribution in [2.24, 2.45) is 5.41 Å². The number of aliphatic carboxylic acids is 1. The Morgan fingerprint density at radius 3 is 1.95 bits per heavy atom. The predicted molar refractivity (Wildman–Crippen MR) is 80.1 cm³/mol. The lowest BCUT2D eigenvalue weighted by Crippen LogP contribution is -2.43. The molecule has 120 valence electrons. The number of carboxylic acid groups (broad SMARTS) is 1. The summed E-state index contributed by atoms with van der Waals surface area (Å²) in [5.74, 6) is -0.725. The summed E-state index contributed by atoms with van der Waals surface area (Å²) in [6, 6.07) is 0. The molecule has 0 aromatic carbocycles. The summed E-state index contributed by atoms with van der Waals surface area (Å²) in [7, 11) is 0. The van der Waals surface area contributed by atoms with E-state index in [9.17, 15) is 9.90 Å². The van der Waals surface area contributed by atoms with E-state index < -0.39 is 11.4 Å². The molecule has 0 amide bonds. The molecule has 0 aliphatic heterocycles. The molecule has 1 unspecified atom stereocenters. The number of nitrogens with zero attached hydrogens (tertiary/aromatic N) is 1. The van der Waals surface area contributed by atoms with Gasteiger partial charge < -0.3 is 14.6 Å². The summed E-state index contributed by atoms with van der Waals surface area (Å²) in [6.07, 6.45) is 1.55. The molecule has 1 N–H and O–H groups in total. The summed E-state index contributed by atoms with van der Waals surface area (Å²) in [6.45, 7) is 12.4. The van der Waals surface area contributed by atoms with Crippen molar-refractivity contribution in [1.82, 2.24) is 4.90 Å². The van der Waals surface area contributed by atoms with Gasteiger partial charge in [-0.15, -0.1) is 0 Å². The first kappa shape index (κ1) is 19.4. The number of carbonyl (C=O) groups is 1. The van der Waals surface area contributed by atoms with Crippen LogP contribution in [0.25, 0.3) is 0 Å². The maximum absolute atomic E-state index is 11.5. The Morgan fingerprint density at radius 1 is 1.10 bits per heavy atom. The summed E-state index contributed by atoms with van der Waals surface area (Å²) in [5.41, 5.74) is -0.701. The lowest BCUT2D eigenvalue weighted by molar-refractivity contribution is -0.149. The maximum Gasteiger partial charge on any atom is 0.310 e. The minimum atomic E-state index is -0.725. The van der Waals surface area contributed by atoms with Gasteiger partial charge in [0.25, 0.3) is 0 Å². The van der Waals surface area contributed by atoms with E-state index in [1.165, 1.54) is 0 Å². The van der Waals surface area contributed by atoms with E-state index in [4.69, 9.17) is 9.47 Å². The van der Waals surface area contributed by atoms with Crippen LogP contribution in [0.4, 0.5) is 0 Å². The SMILES string of the molecule is CCCC(C)(CN(CCOCC)CCOCC)C(=O)O. The van der Waals surface area contributed by atoms with Crippen molar-refractivity contribution in [3.8, 4) is 0 Å². The van der Waals surface area contributed by atoms with Crippen LogP contribution in [0.2, 0.25) is 0 Å². The molecule has 0 saturated carbocycles. The first-order chi connectivity index (χ1) is 9.50. The molecule has 0 bridgehead atoms. The Bertz CT molecular complexity index is 250. The van der Waals surface area contributed by atoms with Gasteiger partial charge in [0, 0.05) is 32.8 Å². The van der Waals surface area contributed by atoms with E-state index in [0.29, 0.717) is 39.4 Å². The van der Waals surface area contributed by atoms with E-state index in [1.54, 1.807) is 0 Å². The highest BCUT2D eigenvalue weighted by Crippen LogP contribution is 2.25. The van der Waals surface area contributed by atoms with Gasteiger partial charge in [0.05, 0.1) is 18.6 Å². The van der Waals surface area contributed by atoms with Crippen LogP contribution in [0.5, 0.6) is 0 Å². The molecule has 0 radical (unpaired) electrons. The minimum absolute atomic E-state index is 0.538. The third kappa shape index (κ3) is 7.82. The van der Waals surface area contributed by atoms with Crippen LogP contribution >= 0.6 is 0 Å². The van der Waals surface area contributed by atoms with Crippen LogP contribution in [0.3, 0.4) is 0 Å². The highest BCUT2D eigenvalue weighted by atomic mass is 16.5. The van der Waals surface area contributed by atoms with Gasteiger partial charge in [-0.25, -0.2) is 0 Å². The topological polar surface area (TPSA) is 59.0 Å². The molecule has 5 heteroatoms. The van der Waals surface area contributed by atoms with E-state index in [1.807, 2.05) is 27.7 Å². The monoisotopic (exact) mass is 289 g/mol. The highest BCUT2D eigenvalue weighted by Gasteiger charge is 2.34. The molecular weight excluding hydrogens is 258 g/mol. The summed E-state index contributed by atoms with van der Waals surface area (Å²) < 4.78 is 10.8. The molecule has 0 aliphatic rings. The van der Waals surface area contributed by atoms with Crippen LogP contribution in [0, 0.1) is 5.41 Å². The fourth-order valence-corrected chi connectivity index (χ4v) is 2.24. The van der Waals surface area contributed by atoms with E-state index in [2.05, 4.69) is 4.90 Å². The van der Waals surface area contributed by atoms with Crippen LogP contribution in [-0.4, -0.2) is 62.0 Å². The molecular formula is C15H31NO4. The molecule has 0 saturated heterocycles. The van der Waals surface area contributed by atoms with E-state index in [-0.39, 0.29) is 0 Å². The number of hydrogen-bond acceptors (Lipinski definition) is 4. The van der Waals surface area contributed by atoms with Crippen LogP contribution in [0.15, 0.2) is 0 Å². The number of ether oxygens (including phenoxy) is 2. The fourth-order valence-electron chi connectivity index (χ4n) is 2.24. The molecule has 0 aromatic rings. The fraction of sp³-hybridized carbons (Fsp3) is 0.933. The molecule has 0 rings (SSSR count). The van der Waals surface area contributed by atoms with Gasteiger partial charge in [-0.3, -0.25) is 9.69 Å². The van der Waals surface area contributed by atoms with Crippen LogP contribution in [0.1, 0.15) is 40.5 Å². The minimum Gasteiger partial charge on any atom is -0.481 e. The summed E-state index contributed by atoms with van der Waals surface area (Å²) in [4.78, 5) is 13.7. The zero-order chi connectivity index (χ0) is 15.4. The number of hydrogen-bond donors (Lipinski definition) is 1. The Labute approximate surface area is 123 Å². The van der Waals surface area contributed by atoms with Crippen molar-refractivity contribution in [3.05, 3.63) is 0 Å². The quantitative estimate of drug-likeness (QED) is 0.527. The molecule has 20 heavy (non-hydrogen) atoms. The Morgan fingerprint density at radius 2 is 1.60 bits per heavy atom. The first-order valence-electron chi connectivity index (χ1n) is 7.61. The summed E-state index contributed by atoms with van der Waals surface area (Å²) >= 11 is 0. The van der Waals surface area contributed by atoms with Gasteiger partial charge in [0.2, 0.25) is 0 Å². The molecule has 0 aliphatic carbocycles. The maximum atomic E-state index is 11.5. The molecule has 0 heterocycles. The van der Waals surface area contributed by atoms with Crippen molar-refractivity contribution in [2.45, 2.75) is 40.5 Å². The first-order valence-corrected chi connectivity index (χ1v) is 7.61. The van der Waals surface area contributed by atoms with Gasteiger partial charge in [0.15, 0.2) is 0 Å². The van der Waals surface area contributed by atoms with Crippen molar-refractivity contribution in [3.63, 3.8) is 0 Å². The van der Waals surface area contributed by atoms with Crippen LogP contribution < -0.4 is 0 Å². The van der Waals surface area contributed by atoms with Gasteiger partial charge in [-0.05, 0) is 27.2 Å². The molecule has 1 atom stereocenters. The number of carboxylic acids is 1. The smallest absolute Gasteiger partial charge is 0.310 e. The zero-order valence-corrected chi connectivity index (χ0v) is 13.5. The normalized spacial score (nSPS) is 14.4. The predicted octanol–water partition coefficient (Wildman–Crippen LogP) is 2.25. The third-order valence-electron chi connectivity index (χ3n) is 3.40. The van der Waals surface area contributed by atoms with E-state index >= 15 is 0 Å². The van der Waals surface area contributed by atoms with Gasteiger partial charge in [-0.1, -0.05) is 13.3 Å². The lowest BCUT2D eigenvalue weighted by atomic mass is 9.85. The van der Waals surface area contributed by atoms with Crippen molar-refractivity contribution < 1.29 is 19.4 Å². The third-order valence-corrected chi connectivity index (χ3v) is 3.40. The van der Waals surface area contributed by atoms with Gasteiger partial charge >= 0.3 is 5.97 Å². The second-order valence-electron chi connectivity index (χ2n) is 5.29. The van der Waals surface area contributed by atoms with Crippen LogP contribution in [-0.2, 0) is 14.3 Å². The lowest BCUT2D eigenvalue weighted by Gasteiger charge is -2.32. The second-order valence-corrected chi connectivity index (χ2v) is 5.29. The Kier molecular flexibility index (Phi) is 10.7. The van der Waals surface area contributed by atoms with Gasteiger partial charge in [0.1, 0.15) is 0 Å². The van der Waals surface area contributed by atoms with E-state index in [0.717, 1.165) is 19.5 Å².